The van der Waals surface area contributed by atoms with Crippen LogP contribution in [0.15, 0.2) is 11.2 Å². The normalized spacial score (nSPS) is 20.9. The molecular formula is C11H18N4O2S. The van der Waals surface area contributed by atoms with E-state index < -0.39 is 10.0 Å². The number of aromatic nitrogens is 2. The van der Waals surface area contributed by atoms with Crippen molar-refractivity contribution in [3.05, 3.63) is 17.5 Å². The summed E-state index contributed by atoms with van der Waals surface area (Å²) in [5.74, 6) is 0. The summed E-state index contributed by atoms with van der Waals surface area (Å²) in [6.45, 7) is 5.12. The molecule has 1 aromatic heterocycles. The van der Waals surface area contributed by atoms with Gasteiger partial charge in [0.2, 0.25) is 0 Å². The van der Waals surface area contributed by atoms with Crippen molar-refractivity contribution in [3.63, 3.8) is 0 Å². The molecule has 0 spiro atoms. The number of nitrogens with one attached hydrogen (secondary N) is 2. The Bertz CT molecular complexity index is 504. The summed E-state index contributed by atoms with van der Waals surface area (Å²) in [5.41, 5.74) is 1.31. The van der Waals surface area contributed by atoms with Gasteiger partial charge in [0.25, 0.3) is 15.2 Å². The summed E-state index contributed by atoms with van der Waals surface area (Å²) >= 11 is 0. The van der Waals surface area contributed by atoms with E-state index in [9.17, 15) is 8.42 Å². The molecule has 7 heteroatoms. The van der Waals surface area contributed by atoms with Crippen LogP contribution in [0.1, 0.15) is 24.2 Å². The van der Waals surface area contributed by atoms with E-state index in [0.29, 0.717) is 17.9 Å². The second-order valence-electron chi connectivity index (χ2n) is 4.60. The quantitative estimate of drug-likeness (QED) is 0.762. The number of nitrogens with zero attached hydrogens (tertiary/aromatic N) is 2. The maximum atomic E-state index is 12.1. The zero-order chi connectivity index (χ0) is 13.2. The average Bonchev–Trinajstić information content (AvgIpc) is 2.28. The van der Waals surface area contributed by atoms with Gasteiger partial charge < -0.3 is 5.32 Å². The summed E-state index contributed by atoms with van der Waals surface area (Å²) in [6.07, 6.45) is 1.82. The highest BCUT2D eigenvalue weighted by Crippen LogP contribution is 2.09. The van der Waals surface area contributed by atoms with Gasteiger partial charge in [-0.15, -0.1) is 0 Å². The summed E-state index contributed by atoms with van der Waals surface area (Å²) in [5, 5.41) is 3.03. The first kappa shape index (κ1) is 13.4. The van der Waals surface area contributed by atoms with Crippen LogP contribution in [-0.2, 0) is 10.0 Å². The lowest BCUT2D eigenvalue weighted by Gasteiger charge is -2.23. The summed E-state index contributed by atoms with van der Waals surface area (Å²) in [6, 6.07) is 1.68. The molecule has 0 aromatic carbocycles. The highest BCUT2D eigenvalue weighted by molar-refractivity contribution is 7.89. The van der Waals surface area contributed by atoms with Crippen LogP contribution in [0.3, 0.4) is 0 Å². The van der Waals surface area contributed by atoms with E-state index in [1.807, 2.05) is 0 Å². The molecule has 1 aliphatic rings. The molecule has 0 bridgehead atoms. The van der Waals surface area contributed by atoms with E-state index in [4.69, 9.17) is 0 Å². The van der Waals surface area contributed by atoms with E-state index >= 15 is 0 Å². The van der Waals surface area contributed by atoms with Crippen molar-refractivity contribution < 1.29 is 8.42 Å². The molecule has 100 valence electrons. The molecular weight excluding hydrogens is 252 g/mol. The molecule has 1 saturated heterocycles. The Labute approximate surface area is 107 Å². The number of piperidine rings is 1. The minimum absolute atomic E-state index is 0.0758. The van der Waals surface area contributed by atoms with Crippen LogP contribution in [0.5, 0.6) is 0 Å². The molecule has 0 radical (unpaired) electrons. The highest BCUT2D eigenvalue weighted by Gasteiger charge is 2.24. The molecule has 2 heterocycles. The minimum Gasteiger partial charge on any atom is -0.315 e. The SMILES string of the molecule is Cc1cc(C)nc(S(=O)(=O)NC2CCCNC2)n1. The second kappa shape index (κ2) is 5.29. The number of rotatable bonds is 3. The Kier molecular flexibility index (Phi) is 3.94. The molecule has 6 nitrogen and oxygen atoms in total. The smallest absolute Gasteiger partial charge is 0.276 e. The van der Waals surface area contributed by atoms with E-state index in [1.54, 1.807) is 19.9 Å². The van der Waals surface area contributed by atoms with Gasteiger partial charge in [-0.2, -0.15) is 0 Å². The van der Waals surface area contributed by atoms with Crippen LogP contribution in [0.25, 0.3) is 0 Å². The van der Waals surface area contributed by atoms with Gasteiger partial charge in [-0.1, -0.05) is 0 Å². The summed E-state index contributed by atoms with van der Waals surface area (Å²) < 4.78 is 26.9. The maximum absolute atomic E-state index is 12.1. The van der Waals surface area contributed by atoms with Gasteiger partial charge in [0.15, 0.2) is 0 Å². The van der Waals surface area contributed by atoms with Crippen molar-refractivity contribution in [1.82, 2.24) is 20.0 Å². The first-order valence-electron chi connectivity index (χ1n) is 6.03. The van der Waals surface area contributed by atoms with Crippen LogP contribution < -0.4 is 10.0 Å². The third-order valence-corrected chi connectivity index (χ3v) is 4.13. The number of hydrogen-bond donors (Lipinski definition) is 2. The maximum Gasteiger partial charge on any atom is 0.276 e. The van der Waals surface area contributed by atoms with Crippen molar-refractivity contribution >= 4 is 10.0 Å². The molecule has 1 atom stereocenters. The number of hydrogen-bond acceptors (Lipinski definition) is 5. The first-order valence-corrected chi connectivity index (χ1v) is 7.51. The third-order valence-electron chi connectivity index (χ3n) is 2.82. The predicted octanol–water partition coefficient (Wildman–Crippen LogP) is 0.124. The van der Waals surface area contributed by atoms with Gasteiger partial charge in [-0.25, -0.2) is 23.1 Å². The molecule has 1 fully saturated rings. The number of aryl methyl sites for hydroxylation is 2. The molecule has 1 unspecified atom stereocenters. The summed E-state index contributed by atoms with van der Waals surface area (Å²) in [4.78, 5) is 7.98. The van der Waals surface area contributed by atoms with Crippen LogP contribution in [0.2, 0.25) is 0 Å². The molecule has 0 amide bonds. The lowest BCUT2D eigenvalue weighted by molar-refractivity contribution is 0.427. The standard InChI is InChI=1S/C11H18N4O2S/c1-8-6-9(2)14-11(13-8)18(16,17)15-10-4-3-5-12-7-10/h6,10,12,15H,3-5,7H2,1-2H3. The van der Waals surface area contributed by atoms with Crippen molar-refractivity contribution in [2.75, 3.05) is 13.1 Å². The van der Waals surface area contributed by atoms with Crippen molar-refractivity contribution in [1.29, 1.82) is 0 Å². The Hall–Kier alpha value is -1.05. The first-order chi connectivity index (χ1) is 8.47. The van der Waals surface area contributed by atoms with E-state index in [-0.39, 0.29) is 11.2 Å². The lowest BCUT2D eigenvalue weighted by atomic mass is 10.1. The van der Waals surface area contributed by atoms with Crippen molar-refractivity contribution in [2.24, 2.45) is 0 Å². The number of sulfonamides is 1. The van der Waals surface area contributed by atoms with Crippen LogP contribution in [-0.4, -0.2) is 37.5 Å². The van der Waals surface area contributed by atoms with E-state index in [0.717, 1.165) is 19.4 Å². The van der Waals surface area contributed by atoms with Crippen LogP contribution in [0.4, 0.5) is 0 Å². The Balaban J connectivity index is 2.19. The lowest BCUT2D eigenvalue weighted by Crippen LogP contribution is -2.45. The predicted molar refractivity (Wildman–Crippen MR) is 67.7 cm³/mol. The Morgan fingerprint density at radius 2 is 2.00 bits per heavy atom. The molecule has 18 heavy (non-hydrogen) atoms. The molecule has 2 rings (SSSR count). The third kappa shape index (κ3) is 3.24. The van der Waals surface area contributed by atoms with E-state index in [2.05, 4.69) is 20.0 Å². The monoisotopic (exact) mass is 270 g/mol. The van der Waals surface area contributed by atoms with Crippen molar-refractivity contribution in [3.8, 4) is 0 Å². The van der Waals surface area contributed by atoms with Gasteiger partial charge in [0, 0.05) is 24.0 Å². The molecule has 0 saturated carbocycles. The fourth-order valence-corrected chi connectivity index (χ4v) is 3.31. The molecule has 0 aliphatic carbocycles. The average molecular weight is 270 g/mol. The molecule has 1 aliphatic heterocycles. The Morgan fingerprint density at radius 1 is 1.33 bits per heavy atom. The van der Waals surface area contributed by atoms with Gasteiger partial charge in [0.1, 0.15) is 0 Å². The minimum atomic E-state index is -3.62. The zero-order valence-electron chi connectivity index (χ0n) is 10.6. The topological polar surface area (TPSA) is 84.0 Å². The van der Waals surface area contributed by atoms with E-state index in [1.165, 1.54) is 0 Å². The van der Waals surface area contributed by atoms with Gasteiger partial charge in [-0.3, -0.25) is 0 Å². The highest BCUT2D eigenvalue weighted by atomic mass is 32.2. The molecule has 1 aromatic rings. The van der Waals surface area contributed by atoms with Gasteiger partial charge in [0.05, 0.1) is 0 Å². The second-order valence-corrected chi connectivity index (χ2v) is 6.21. The zero-order valence-corrected chi connectivity index (χ0v) is 11.4. The fourth-order valence-electron chi connectivity index (χ4n) is 2.04. The largest absolute Gasteiger partial charge is 0.315 e. The fraction of sp³-hybridized carbons (Fsp3) is 0.636. The van der Waals surface area contributed by atoms with Crippen molar-refractivity contribution in [2.45, 2.75) is 37.9 Å². The van der Waals surface area contributed by atoms with Gasteiger partial charge in [-0.05, 0) is 39.3 Å². The van der Waals surface area contributed by atoms with Crippen LogP contribution >= 0.6 is 0 Å². The Morgan fingerprint density at radius 3 is 2.56 bits per heavy atom. The molecule has 2 N–H and O–H groups in total. The summed E-state index contributed by atoms with van der Waals surface area (Å²) in [7, 11) is -3.62. The van der Waals surface area contributed by atoms with Gasteiger partial charge >= 0.3 is 0 Å². The van der Waals surface area contributed by atoms with Crippen LogP contribution in [0, 0.1) is 13.8 Å².